The molecular formula is C25H31NO2. The van der Waals surface area contributed by atoms with Gasteiger partial charge in [0.1, 0.15) is 5.75 Å². The minimum absolute atomic E-state index is 0.675. The average molecular weight is 378 g/mol. The number of methoxy groups -OCH3 is 1. The van der Waals surface area contributed by atoms with Gasteiger partial charge >= 0.3 is 0 Å². The Kier molecular flexibility index (Phi) is 6.91. The zero-order valence-corrected chi connectivity index (χ0v) is 17.3. The van der Waals surface area contributed by atoms with E-state index in [0.29, 0.717) is 5.69 Å². The fourth-order valence-electron chi connectivity index (χ4n) is 3.86. The predicted molar refractivity (Wildman–Crippen MR) is 117 cm³/mol. The lowest BCUT2D eigenvalue weighted by molar-refractivity contribution is 0.111. The van der Waals surface area contributed by atoms with E-state index >= 15 is 0 Å². The minimum Gasteiger partial charge on any atom is -0.496 e. The molecule has 0 spiro atoms. The molecule has 0 aliphatic heterocycles. The average Bonchev–Trinajstić information content (AvgIpc) is 3.08. The molecule has 3 nitrogen and oxygen atoms in total. The van der Waals surface area contributed by atoms with Gasteiger partial charge in [-0.2, -0.15) is 0 Å². The second kappa shape index (κ2) is 9.59. The predicted octanol–water partition coefficient (Wildman–Crippen LogP) is 6.64. The van der Waals surface area contributed by atoms with Gasteiger partial charge in [0.25, 0.3) is 0 Å². The topological polar surface area (TPSA) is 30.7 Å². The number of benzene rings is 1. The fraction of sp³-hybridized carbons (Fsp3) is 0.400. The Labute approximate surface area is 168 Å². The third-order valence-corrected chi connectivity index (χ3v) is 5.44. The summed E-state index contributed by atoms with van der Waals surface area (Å²) in [7, 11) is 1.69. The monoisotopic (exact) mass is 377 g/mol. The summed E-state index contributed by atoms with van der Waals surface area (Å²) in [5, 5.41) is 0. The molecule has 3 heteroatoms. The summed E-state index contributed by atoms with van der Waals surface area (Å²) < 4.78 is 7.59. The molecule has 3 rings (SSSR count). The molecule has 0 fully saturated rings. The number of fused-ring (bicyclic) bond motifs is 1. The van der Waals surface area contributed by atoms with Crippen LogP contribution in [0.25, 0.3) is 16.6 Å². The molecule has 0 saturated heterocycles. The molecule has 0 unspecified atom stereocenters. The van der Waals surface area contributed by atoms with Crippen molar-refractivity contribution in [3.05, 3.63) is 59.4 Å². The molecule has 3 aromatic rings. The van der Waals surface area contributed by atoms with Crippen molar-refractivity contribution in [1.29, 1.82) is 0 Å². The zero-order valence-electron chi connectivity index (χ0n) is 17.3. The van der Waals surface area contributed by atoms with Gasteiger partial charge in [0.15, 0.2) is 6.29 Å². The van der Waals surface area contributed by atoms with Gasteiger partial charge in [0, 0.05) is 22.8 Å². The van der Waals surface area contributed by atoms with E-state index in [0.717, 1.165) is 40.7 Å². The lowest BCUT2D eigenvalue weighted by Gasteiger charge is -2.11. The smallest absolute Gasteiger partial charge is 0.167 e. The maximum Gasteiger partial charge on any atom is 0.167 e. The van der Waals surface area contributed by atoms with Gasteiger partial charge < -0.3 is 9.14 Å². The third-order valence-electron chi connectivity index (χ3n) is 5.44. The highest BCUT2D eigenvalue weighted by Gasteiger charge is 2.16. The standard InChI is InChI=1S/C25H31NO2/c1-4-5-6-7-8-9-10-20-12-14-25(28-3)23(15-20)22-16-21-13-11-19(2)17-26(21)24(22)18-27/h11-18H,4-10H2,1-3H3. The Morgan fingerprint density at radius 2 is 1.75 bits per heavy atom. The number of hydrogen-bond acceptors (Lipinski definition) is 2. The van der Waals surface area contributed by atoms with Crippen LogP contribution in [0.2, 0.25) is 0 Å². The number of ether oxygens (including phenoxy) is 1. The first-order valence-electron chi connectivity index (χ1n) is 10.4. The van der Waals surface area contributed by atoms with E-state index in [1.807, 2.05) is 23.6 Å². The van der Waals surface area contributed by atoms with Gasteiger partial charge in [-0.05, 0) is 55.2 Å². The van der Waals surface area contributed by atoms with Gasteiger partial charge in [-0.15, -0.1) is 0 Å². The van der Waals surface area contributed by atoms with Gasteiger partial charge in [-0.1, -0.05) is 51.2 Å². The van der Waals surface area contributed by atoms with Crippen LogP contribution in [0.15, 0.2) is 42.6 Å². The fourth-order valence-corrected chi connectivity index (χ4v) is 3.86. The summed E-state index contributed by atoms with van der Waals surface area (Å²) in [6.45, 7) is 4.29. The van der Waals surface area contributed by atoms with E-state index in [-0.39, 0.29) is 0 Å². The zero-order chi connectivity index (χ0) is 19.9. The molecule has 0 amide bonds. The van der Waals surface area contributed by atoms with Crippen molar-refractivity contribution in [3.8, 4) is 16.9 Å². The molecule has 28 heavy (non-hydrogen) atoms. The van der Waals surface area contributed by atoms with Crippen LogP contribution in [0.4, 0.5) is 0 Å². The van der Waals surface area contributed by atoms with E-state index < -0.39 is 0 Å². The normalized spacial score (nSPS) is 11.1. The van der Waals surface area contributed by atoms with Gasteiger partial charge in [0.05, 0.1) is 12.8 Å². The van der Waals surface area contributed by atoms with Crippen LogP contribution in [0.5, 0.6) is 5.75 Å². The Bertz CT molecular complexity index is 939. The molecule has 0 bridgehead atoms. The Balaban J connectivity index is 1.88. The second-order valence-corrected chi connectivity index (χ2v) is 7.61. The lowest BCUT2D eigenvalue weighted by atomic mass is 9.98. The van der Waals surface area contributed by atoms with Crippen molar-refractivity contribution < 1.29 is 9.53 Å². The quantitative estimate of drug-likeness (QED) is 0.293. The number of aryl methyl sites for hydroxylation is 2. The van der Waals surface area contributed by atoms with E-state index in [2.05, 4.69) is 37.3 Å². The first-order chi connectivity index (χ1) is 13.7. The van der Waals surface area contributed by atoms with Crippen LogP contribution < -0.4 is 4.74 Å². The van der Waals surface area contributed by atoms with Crippen molar-refractivity contribution >= 4 is 11.8 Å². The molecule has 0 N–H and O–H groups in total. The van der Waals surface area contributed by atoms with Crippen molar-refractivity contribution in [2.75, 3.05) is 7.11 Å². The van der Waals surface area contributed by atoms with Crippen LogP contribution in [0.3, 0.4) is 0 Å². The molecule has 1 aromatic carbocycles. The van der Waals surface area contributed by atoms with Gasteiger partial charge in [0.2, 0.25) is 0 Å². The molecular weight excluding hydrogens is 346 g/mol. The van der Waals surface area contributed by atoms with E-state index in [4.69, 9.17) is 4.74 Å². The minimum atomic E-state index is 0.675. The summed E-state index contributed by atoms with van der Waals surface area (Å²) in [5.41, 5.74) is 6.05. The highest BCUT2D eigenvalue weighted by molar-refractivity contribution is 5.91. The van der Waals surface area contributed by atoms with E-state index in [1.54, 1.807) is 7.11 Å². The van der Waals surface area contributed by atoms with Gasteiger partial charge in [-0.3, -0.25) is 4.79 Å². The molecule has 0 aliphatic carbocycles. The molecule has 2 aromatic heterocycles. The second-order valence-electron chi connectivity index (χ2n) is 7.61. The maximum absolute atomic E-state index is 11.9. The van der Waals surface area contributed by atoms with Crippen molar-refractivity contribution in [2.45, 2.75) is 58.8 Å². The van der Waals surface area contributed by atoms with Crippen molar-refractivity contribution in [3.63, 3.8) is 0 Å². The lowest BCUT2D eigenvalue weighted by Crippen LogP contribution is -1.96. The number of rotatable bonds is 10. The Morgan fingerprint density at radius 1 is 0.964 bits per heavy atom. The maximum atomic E-state index is 11.9. The highest BCUT2D eigenvalue weighted by atomic mass is 16.5. The third kappa shape index (κ3) is 4.46. The van der Waals surface area contributed by atoms with Crippen LogP contribution in [-0.4, -0.2) is 17.8 Å². The highest BCUT2D eigenvalue weighted by Crippen LogP contribution is 2.35. The van der Waals surface area contributed by atoms with E-state index in [1.165, 1.54) is 44.1 Å². The molecule has 0 aliphatic rings. The summed E-state index contributed by atoms with van der Waals surface area (Å²) in [6, 6.07) is 12.6. The first-order valence-corrected chi connectivity index (χ1v) is 10.4. The SMILES string of the molecule is CCCCCCCCc1ccc(OC)c(-c2cc3ccc(C)cn3c2C=O)c1. The number of carbonyl (C=O) groups excluding carboxylic acids is 1. The Morgan fingerprint density at radius 3 is 2.50 bits per heavy atom. The summed E-state index contributed by atoms with van der Waals surface area (Å²) in [6.07, 6.45) is 11.8. The number of carbonyl (C=O) groups is 1. The van der Waals surface area contributed by atoms with Crippen molar-refractivity contribution in [2.24, 2.45) is 0 Å². The Hall–Kier alpha value is -2.55. The van der Waals surface area contributed by atoms with Crippen LogP contribution in [-0.2, 0) is 6.42 Å². The number of pyridine rings is 1. The summed E-state index contributed by atoms with van der Waals surface area (Å²) in [4.78, 5) is 11.9. The summed E-state index contributed by atoms with van der Waals surface area (Å²) >= 11 is 0. The first kappa shape index (κ1) is 20.2. The number of aldehydes is 1. The van der Waals surface area contributed by atoms with Crippen molar-refractivity contribution in [1.82, 2.24) is 4.40 Å². The number of aromatic nitrogens is 1. The van der Waals surface area contributed by atoms with Crippen LogP contribution >= 0.6 is 0 Å². The molecule has 0 atom stereocenters. The van der Waals surface area contributed by atoms with Gasteiger partial charge in [-0.25, -0.2) is 0 Å². The number of unbranched alkanes of at least 4 members (excludes halogenated alkanes) is 5. The molecule has 2 heterocycles. The number of hydrogen-bond donors (Lipinski definition) is 0. The van der Waals surface area contributed by atoms with Crippen LogP contribution in [0.1, 0.15) is 67.1 Å². The summed E-state index contributed by atoms with van der Waals surface area (Å²) in [5.74, 6) is 0.808. The van der Waals surface area contributed by atoms with E-state index in [9.17, 15) is 4.79 Å². The number of nitrogens with zero attached hydrogens (tertiary/aromatic N) is 1. The molecule has 148 valence electrons. The largest absolute Gasteiger partial charge is 0.496 e. The molecule has 0 saturated carbocycles. The molecule has 0 radical (unpaired) electrons. The van der Waals surface area contributed by atoms with Crippen LogP contribution in [0, 0.1) is 6.92 Å².